The summed E-state index contributed by atoms with van der Waals surface area (Å²) in [4.78, 5) is 24.2. The predicted molar refractivity (Wildman–Crippen MR) is 77.2 cm³/mol. The second-order valence-electron chi connectivity index (χ2n) is 5.45. The van der Waals surface area contributed by atoms with E-state index in [0.717, 1.165) is 12.8 Å². The second-order valence-corrected chi connectivity index (χ2v) is 5.45. The lowest BCUT2D eigenvalue weighted by Crippen LogP contribution is -2.47. The van der Waals surface area contributed by atoms with Crippen LogP contribution in [0.4, 0.5) is 4.79 Å². The molecule has 0 bridgehead atoms. The molecule has 1 rings (SSSR count). The second kappa shape index (κ2) is 9.57. The van der Waals surface area contributed by atoms with E-state index in [-0.39, 0.29) is 31.1 Å². The van der Waals surface area contributed by atoms with Gasteiger partial charge in [0.1, 0.15) is 0 Å². The van der Waals surface area contributed by atoms with Crippen LogP contribution in [-0.4, -0.2) is 68.1 Å². The van der Waals surface area contributed by atoms with Crippen LogP contribution in [0.1, 0.15) is 26.2 Å². The number of urea groups is 1. The van der Waals surface area contributed by atoms with Gasteiger partial charge in [0, 0.05) is 26.7 Å². The van der Waals surface area contributed by atoms with Crippen molar-refractivity contribution in [3.05, 3.63) is 0 Å². The molecule has 1 heterocycles. The molecule has 0 aromatic heterocycles. The van der Waals surface area contributed by atoms with E-state index in [4.69, 9.17) is 14.6 Å². The van der Waals surface area contributed by atoms with E-state index in [9.17, 15) is 9.59 Å². The highest BCUT2D eigenvalue weighted by molar-refractivity contribution is 5.74. The van der Waals surface area contributed by atoms with E-state index in [0.29, 0.717) is 26.2 Å². The van der Waals surface area contributed by atoms with Crippen LogP contribution in [0.5, 0.6) is 0 Å². The summed E-state index contributed by atoms with van der Waals surface area (Å²) in [6, 6.07) is -0.0538. The van der Waals surface area contributed by atoms with Gasteiger partial charge in [0.15, 0.2) is 0 Å². The van der Waals surface area contributed by atoms with Crippen molar-refractivity contribution in [3.63, 3.8) is 0 Å². The number of hydrogen-bond donors (Lipinski definition) is 2. The zero-order valence-electron chi connectivity index (χ0n) is 12.8. The summed E-state index contributed by atoms with van der Waals surface area (Å²) in [6.07, 6.45) is 1.58. The molecule has 0 radical (unpaired) electrons. The number of carboxylic acids is 1. The number of carbonyl (C=O) groups is 2. The molecular formula is C14H26N2O5. The molecule has 7 nitrogen and oxygen atoms in total. The van der Waals surface area contributed by atoms with Gasteiger partial charge in [-0.15, -0.1) is 0 Å². The summed E-state index contributed by atoms with van der Waals surface area (Å²) in [5, 5.41) is 11.4. The molecule has 1 fully saturated rings. The monoisotopic (exact) mass is 302 g/mol. The number of carbonyl (C=O) groups excluding carboxylic acids is 1. The van der Waals surface area contributed by atoms with Gasteiger partial charge in [-0.1, -0.05) is 6.92 Å². The van der Waals surface area contributed by atoms with Crippen molar-refractivity contribution >= 4 is 12.0 Å². The molecule has 21 heavy (non-hydrogen) atoms. The normalized spacial score (nSPS) is 17.5. The van der Waals surface area contributed by atoms with Crippen LogP contribution in [0, 0.1) is 5.92 Å². The van der Waals surface area contributed by atoms with E-state index < -0.39 is 5.97 Å². The Hall–Kier alpha value is -1.34. The highest BCUT2D eigenvalue weighted by Crippen LogP contribution is 2.14. The van der Waals surface area contributed by atoms with Crippen molar-refractivity contribution in [1.29, 1.82) is 0 Å². The molecule has 0 aromatic carbocycles. The molecule has 2 amide bonds. The van der Waals surface area contributed by atoms with Gasteiger partial charge in [-0.3, -0.25) is 4.79 Å². The molecule has 1 atom stereocenters. The number of ether oxygens (including phenoxy) is 2. The Balaban J connectivity index is 2.16. The number of amides is 2. The fourth-order valence-corrected chi connectivity index (χ4v) is 2.26. The zero-order chi connectivity index (χ0) is 15.7. The van der Waals surface area contributed by atoms with E-state index in [2.05, 4.69) is 5.32 Å². The van der Waals surface area contributed by atoms with Crippen molar-refractivity contribution in [2.75, 3.05) is 40.0 Å². The average molecular weight is 302 g/mol. The molecule has 0 saturated carbocycles. The molecular weight excluding hydrogens is 276 g/mol. The smallest absolute Gasteiger partial charge is 0.317 e. The molecule has 1 unspecified atom stereocenters. The van der Waals surface area contributed by atoms with Crippen molar-refractivity contribution in [1.82, 2.24) is 10.2 Å². The minimum absolute atomic E-state index is 0.0259. The van der Waals surface area contributed by atoms with Crippen LogP contribution < -0.4 is 5.32 Å². The Morgan fingerprint density at radius 3 is 2.62 bits per heavy atom. The van der Waals surface area contributed by atoms with Gasteiger partial charge in [0.25, 0.3) is 0 Å². The van der Waals surface area contributed by atoms with E-state index in [1.54, 1.807) is 12.0 Å². The fraction of sp³-hybridized carbons (Fsp3) is 0.857. The molecule has 1 saturated heterocycles. The number of hydrogen-bond acceptors (Lipinski definition) is 4. The minimum Gasteiger partial charge on any atom is -0.481 e. The Morgan fingerprint density at radius 2 is 2.05 bits per heavy atom. The third-order valence-corrected chi connectivity index (χ3v) is 3.45. The van der Waals surface area contributed by atoms with Crippen LogP contribution >= 0.6 is 0 Å². The first-order valence-corrected chi connectivity index (χ1v) is 7.38. The third kappa shape index (κ3) is 7.29. The lowest BCUT2D eigenvalue weighted by atomic mass is 10.1. The maximum Gasteiger partial charge on any atom is 0.317 e. The van der Waals surface area contributed by atoms with Gasteiger partial charge < -0.3 is 24.8 Å². The number of aliphatic carboxylic acids is 1. The summed E-state index contributed by atoms with van der Waals surface area (Å²) in [6.45, 7) is 4.76. The van der Waals surface area contributed by atoms with Crippen LogP contribution in [0.25, 0.3) is 0 Å². The fourth-order valence-electron chi connectivity index (χ4n) is 2.26. The third-order valence-electron chi connectivity index (χ3n) is 3.45. The maximum absolute atomic E-state index is 12.0. The summed E-state index contributed by atoms with van der Waals surface area (Å²) in [5.74, 6) is -0.562. The van der Waals surface area contributed by atoms with Gasteiger partial charge in [-0.2, -0.15) is 0 Å². The molecule has 1 aliphatic heterocycles. The maximum atomic E-state index is 12.0. The molecule has 7 heteroatoms. The number of methoxy groups -OCH3 is 1. The van der Waals surface area contributed by atoms with Crippen molar-refractivity contribution in [2.45, 2.75) is 32.3 Å². The van der Waals surface area contributed by atoms with Crippen LogP contribution in [0.3, 0.4) is 0 Å². The van der Waals surface area contributed by atoms with Gasteiger partial charge >= 0.3 is 12.0 Å². The van der Waals surface area contributed by atoms with Crippen molar-refractivity contribution in [2.24, 2.45) is 5.92 Å². The summed E-state index contributed by atoms with van der Waals surface area (Å²) in [5.41, 5.74) is 0. The topological polar surface area (TPSA) is 88.1 Å². The summed E-state index contributed by atoms with van der Waals surface area (Å²) in [7, 11) is 1.65. The molecule has 1 aliphatic rings. The summed E-state index contributed by atoms with van der Waals surface area (Å²) >= 11 is 0. The van der Waals surface area contributed by atoms with Gasteiger partial charge in [-0.25, -0.2) is 4.79 Å². The van der Waals surface area contributed by atoms with Gasteiger partial charge in [0.2, 0.25) is 0 Å². The van der Waals surface area contributed by atoms with E-state index in [1.165, 1.54) is 0 Å². The number of likely N-dealkylation sites (tertiary alicyclic amines) is 1. The zero-order valence-corrected chi connectivity index (χ0v) is 12.8. The standard InChI is InChI=1S/C14H26N2O5/c1-11(10-20-2)9-15-14(19)16-6-3-12(4-7-16)21-8-5-13(17)18/h11-12H,3-10H2,1-2H3,(H,15,19)(H,17,18). The number of nitrogens with one attached hydrogen (secondary N) is 1. The van der Waals surface area contributed by atoms with Crippen LogP contribution in [0.2, 0.25) is 0 Å². The van der Waals surface area contributed by atoms with E-state index in [1.807, 2.05) is 6.92 Å². The molecule has 0 spiro atoms. The average Bonchev–Trinajstić information content (AvgIpc) is 2.45. The number of piperidine rings is 1. The highest BCUT2D eigenvalue weighted by atomic mass is 16.5. The number of carboxylic acid groups (broad SMARTS) is 1. The SMILES string of the molecule is COCC(C)CNC(=O)N1CCC(OCCC(=O)O)CC1. The first-order valence-electron chi connectivity index (χ1n) is 7.38. The first-order chi connectivity index (χ1) is 10.0. The van der Waals surface area contributed by atoms with Crippen LogP contribution in [-0.2, 0) is 14.3 Å². The lowest BCUT2D eigenvalue weighted by molar-refractivity contribution is -0.138. The van der Waals surface area contributed by atoms with Gasteiger partial charge in [0.05, 0.1) is 25.7 Å². The Kier molecular flexibility index (Phi) is 8.07. The molecule has 2 N–H and O–H groups in total. The highest BCUT2D eigenvalue weighted by Gasteiger charge is 2.23. The van der Waals surface area contributed by atoms with Crippen molar-refractivity contribution < 1.29 is 24.2 Å². The largest absolute Gasteiger partial charge is 0.481 e. The lowest BCUT2D eigenvalue weighted by Gasteiger charge is -2.32. The minimum atomic E-state index is -0.850. The molecule has 0 aromatic rings. The number of rotatable bonds is 8. The van der Waals surface area contributed by atoms with Gasteiger partial charge in [-0.05, 0) is 18.8 Å². The van der Waals surface area contributed by atoms with E-state index >= 15 is 0 Å². The Bertz CT molecular complexity index is 329. The quantitative estimate of drug-likeness (QED) is 0.696. The Labute approximate surface area is 125 Å². The van der Waals surface area contributed by atoms with Crippen LogP contribution in [0.15, 0.2) is 0 Å². The Morgan fingerprint density at radius 1 is 1.38 bits per heavy atom. The van der Waals surface area contributed by atoms with Crippen molar-refractivity contribution in [3.8, 4) is 0 Å². The number of nitrogens with zero attached hydrogens (tertiary/aromatic N) is 1. The summed E-state index contributed by atoms with van der Waals surface area (Å²) < 4.78 is 10.5. The first kappa shape index (κ1) is 17.7. The molecule has 122 valence electrons. The molecule has 0 aliphatic carbocycles. The predicted octanol–water partition coefficient (Wildman–Crippen LogP) is 0.934.